The summed E-state index contributed by atoms with van der Waals surface area (Å²) in [6.07, 6.45) is 7.93. The topological polar surface area (TPSA) is 93.2 Å². The van der Waals surface area contributed by atoms with Gasteiger partial charge in [0.15, 0.2) is 0 Å². The Morgan fingerprint density at radius 3 is 1.31 bits per heavy atom. The third-order valence-electron chi connectivity index (χ3n) is 4.60. The van der Waals surface area contributed by atoms with E-state index in [4.69, 9.17) is 0 Å². The lowest BCUT2D eigenvalue weighted by Crippen LogP contribution is -2.32. The minimum Gasteiger partial charge on any atom is -0.466 e. The predicted octanol–water partition coefficient (Wildman–Crippen LogP) is 3.41. The molecular formula is C24H32N2O6. The summed E-state index contributed by atoms with van der Waals surface area (Å²) in [5, 5.41) is 0. The van der Waals surface area contributed by atoms with Crippen LogP contribution in [0.2, 0.25) is 0 Å². The largest absolute Gasteiger partial charge is 0.466 e. The first-order valence-electron chi connectivity index (χ1n) is 10.6. The highest BCUT2D eigenvalue weighted by Gasteiger charge is 2.16. The number of unbranched alkanes of at least 4 members (excludes halogenated alkanes) is 2. The molecule has 0 radical (unpaired) electrons. The molecule has 0 aliphatic carbocycles. The van der Waals surface area contributed by atoms with E-state index in [-0.39, 0.29) is 11.8 Å². The first kappa shape index (κ1) is 26.6. The fraction of sp³-hybridized carbons (Fsp3) is 0.417. The molecule has 0 unspecified atom stereocenters. The van der Waals surface area contributed by atoms with Crippen LogP contribution >= 0.6 is 0 Å². The molecule has 8 nitrogen and oxygen atoms in total. The number of esters is 2. The van der Waals surface area contributed by atoms with Gasteiger partial charge in [-0.2, -0.15) is 0 Å². The number of nitrogens with zero attached hydrogens (tertiary/aromatic N) is 2. The van der Waals surface area contributed by atoms with Gasteiger partial charge in [0, 0.05) is 48.8 Å². The van der Waals surface area contributed by atoms with Crippen molar-refractivity contribution in [3.63, 3.8) is 0 Å². The molecule has 0 bridgehead atoms. The van der Waals surface area contributed by atoms with Gasteiger partial charge in [-0.25, -0.2) is 9.59 Å². The highest BCUT2D eigenvalue weighted by molar-refractivity contribution is 6.05. The molecule has 0 aliphatic heterocycles. The van der Waals surface area contributed by atoms with Crippen LogP contribution in [0.15, 0.2) is 48.6 Å². The van der Waals surface area contributed by atoms with Crippen LogP contribution in [0.3, 0.4) is 0 Å². The molecule has 1 aromatic carbocycles. The lowest BCUT2D eigenvalue weighted by atomic mass is 10.2. The monoisotopic (exact) mass is 444 g/mol. The summed E-state index contributed by atoms with van der Waals surface area (Å²) >= 11 is 0. The van der Waals surface area contributed by atoms with Crippen LogP contribution in [0.5, 0.6) is 0 Å². The van der Waals surface area contributed by atoms with E-state index in [2.05, 4.69) is 9.47 Å². The van der Waals surface area contributed by atoms with E-state index in [9.17, 15) is 19.2 Å². The Kier molecular flexibility index (Phi) is 12.1. The maximum absolute atomic E-state index is 12.6. The van der Waals surface area contributed by atoms with Crippen LogP contribution in [0.1, 0.15) is 39.5 Å². The molecule has 1 rings (SSSR count). The molecule has 0 N–H and O–H groups in total. The molecule has 0 aromatic heterocycles. The summed E-state index contributed by atoms with van der Waals surface area (Å²) in [7, 11) is 2.49. The van der Waals surface area contributed by atoms with E-state index in [1.165, 1.54) is 26.4 Å². The second-order valence-corrected chi connectivity index (χ2v) is 6.92. The van der Waals surface area contributed by atoms with E-state index in [1.54, 1.807) is 34.1 Å². The number of anilines is 2. The molecule has 0 saturated heterocycles. The van der Waals surface area contributed by atoms with E-state index in [0.29, 0.717) is 24.5 Å². The van der Waals surface area contributed by atoms with E-state index in [1.807, 2.05) is 13.8 Å². The quantitative estimate of drug-likeness (QED) is 0.362. The number of benzene rings is 1. The van der Waals surface area contributed by atoms with Crippen LogP contribution in [0.25, 0.3) is 0 Å². The molecule has 0 aliphatic rings. The fourth-order valence-corrected chi connectivity index (χ4v) is 2.77. The van der Waals surface area contributed by atoms with Gasteiger partial charge in [0.2, 0.25) is 0 Å². The molecule has 0 heterocycles. The zero-order valence-electron chi connectivity index (χ0n) is 19.2. The number of methoxy groups -OCH3 is 2. The van der Waals surface area contributed by atoms with Crippen molar-refractivity contribution in [1.82, 2.24) is 0 Å². The summed E-state index contributed by atoms with van der Waals surface area (Å²) in [6.45, 7) is 5.02. The normalized spacial score (nSPS) is 10.9. The summed E-state index contributed by atoms with van der Waals surface area (Å²) in [6, 6.07) is 7.02. The third kappa shape index (κ3) is 8.75. The Balaban J connectivity index is 3.13. The van der Waals surface area contributed by atoms with Gasteiger partial charge in [0.1, 0.15) is 0 Å². The molecular weight excluding hydrogens is 412 g/mol. The zero-order chi connectivity index (χ0) is 23.9. The minimum absolute atomic E-state index is 0.337. The highest BCUT2D eigenvalue weighted by atomic mass is 16.5. The molecule has 2 amide bonds. The van der Waals surface area contributed by atoms with Crippen LogP contribution in [-0.4, -0.2) is 51.1 Å². The van der Waals surface area contributed by atoms with Crippen LogP contribution < -0.4 is 9.80 Å². The van der Waals surface area contributed by atoms with Gasteiger partial charge < -0.3 is 19.3 Å². The number of ether oxygens (including phenoxy) is 2. The van der Waals surface area contributed by atoms with Gasteiger partial charge in [-0.05, 0) is 37.1 Å². The van der Waals surface area contributed by atoms with Crippen molar-refractivity contribution < 1.29 is 28.7 Å². The van der Waals surface area contributed by atoms with Crippen molar-refractivity contribution in [2.24, 2.45) is 0 Å². The molecule has 0 saturated carbocycles. The van der Waals surface area contributed by atoms with E-state index in [0.717, 1.165) is 37.8 Å². The average Bonchev–Trinajstić information content (AvgIpc) is 2.81. The maximum atomic E-state index is 12.6. The standard InChI is InChI=1S/C24H32N2O6/c1-5-7-17-25(21(27)13-15-23(29)31-3)19-9-11-20(12-10-19)26(18-8-6-2)22(28)14-16-24(30)32-4/h9-16H,5-8,17-18H2,1-4H3/b15-13-,16-14-. The number of hydrogen-bond donors (Lipinski definition) is 0. The van der Waals surface area contributed by atoms with Gasteiger partial charge in [0.25, 0.3) is 11.8 Å². The minimum atomic E-state index is -0.603. The number of carbonyl (C=O) groups excluding carboxylic acids is 4. The fourth-order valence-electron chi connectivity index (χ4n) is 2.77. The van der Waals surface area contributed by atoms with E-state index < -0.39 is 11.9 Å². The first-order chi connectivity index (χ1) is 15.4. The molecule has 0 fully saturated rings. The van der Waals surface area contributed by atoms with Crippen molar-refractivity contribution in [2.75, 3.05) is 37.1 Å². The van der Waals surface area contributed by atoms with Crippen molar-refractivity contribution >= 4 is 35.1 Å². The Labute approximate surface area is 189 Å². The SMILES string of the molecule is CCCCN(C(=O)/C=C\C(=O)OC)c1ccc(N(CCCC)C(=O)/C=C\C(=O)OC)cc1. The number of rotatable bonds is 12. The second kappa shape index (κ2) is 14.6. The third-order valence-corrected chi connectivity index (χ3v) is 4.60. The van der Waals surface area contributed by atoms with Crippen molar-refractivity contribution in [1.29, 1.82) is 0 Å². The molecule has 174 valence electrons. The Morgan fingerprint density at radius 2 is 1.03 bits per heavy atom. The van der Waals surface area contributed by atoms with Crippen molar-refractivity contribution in [3.05, 3.63) is 48.6 Å². The van der Waals surface area contributed by atoms with Gasteiger partial charge in [-0.15, -0.1) is 0 Å². The average molecular weight is 445 g/mol. The van der Waals surface area contributed by atoms with Gasteiger partial charge >= 0.3 is 11.9 Å². The molecule has 8 heteroatoms. The number of carbonyl (C=O) groups is 4. The Morgan fingerprint density at radius 1 is 0.688 bits per heavy atom. The van der Waals surface area contributed by atoms with Crippen LogP contribution in [0, 0.1) is 0 Å². The Hall–Kier alpha value is -3.42. The summed E-state index contributed by atoms with van der Waals surface area (Å²) < 4.78 is 9.07. The first-order valence-corrected chi connectivity index (χ1v) is 10.6. The number of hydrogen-bond acceptors (Lipinski definition) is 6. The van der Waals surface area contributed by atoms with Crippen LogP contribution in [-0.2, 0) is 28.7 Å². The van der Waals surface area contributed by atoms with Crippen LogP contribution in [0.4, 0.5) is 11.4 Å². The summed E-state index contributed by atoms with van der Waals surface area (Å²) in [4.78, 5) is 51.0. The molecule has 1 aromatic rings. The molecule has 0 spiro atoms. The second-order valence-electron chi connectivity index (χ2n) is 6.92. The zero-order valence-corrected chi connectivity index (χ0v) is 19.2. The molecule has 0 atom stereocenters. The molecule has 32 heavy (non-hydrogen) atoms. The Bertz CT molecular complexity index is 760. The maximum Gasteiger partial charge on any atom is 0.330 e. The highest BCUT2D eigenvalue weighted by Crippen LogP contribution is 2.23. The van der Waals surface area contributed by atoms with E-state index >= 15 is 0 Å². The van der Waals surface area contributed by atoms with Gasteiger partial charge in [-0.1, -0.05) is 26.7 Å². The van der Waals surface area contributed by atoms with Crippen molar-refractivity contribution in [2.45, 2.75) is 39.5 Å². The lowest BCUT2D eigenvalue weighted by Gasteiger charge is -2.24. The number of amides is 2. The lowest BCUT2D eigenvalue weighted by molar-refractivity contribution is -0.135. The summed E-state index contributed by atoms with van der Waals surface area (Å²) in [5.41, 5.74) is 1.30. The van der Waals surface area contributed by atoms with Crippen molar-refractivity contribution in [3.8, 4) is 0 Å². The predicted molar refractivity (Wildman–Crippen MR) is 123 cm³/mol. The smallest absolute Gasteiger partial charge is 0.330 e. The van der Waals surface area contributed by atoms with Gasteiger partial charge in [-0.3, -0.25) is 9.59 Å². The van der Waals surface area contributed by atoms with Gasteiger partial charge in [0.05, 0.1) is 14.2 Å². The summed E-state index contributed by atoms with van der Waals surface area (Å²) in [5.74, 6) is -1.88.